The van der Waals surface area contributed by atoms with E-state index in [9.17, 15) is 9.90 Å². The van der Waals surface area contributed by atoms with Gasteiger partial charge in [-0.25, -0.2) is 4.79 Å². The molecule has 0 spiro atoms. The predicted molar refractivity (Wildman–Crippen MR) is 113 cm³/mol. The van der Waals surface area contributed by atoms with Crippen molar-refractivity contribution in [3.8, 4) is 0 Å². The Kier molecular flexibility index (Phi) is 9.59. The quantitative estimate of drug-likeness (QED) is 0.482. The van der Waals surface area contributed by atoms with Crippen molar-refractivity contribution >= 4 is 5.97 Å². The lowest BCUT2D eigenvalue weighted by atomic mass is 9.85. The van der Waals surface area contributed by atoms with E-state index in [0.29, 0.717) is 32.8 Å². The molecule has 2 aliphatic rings. The number of carboxylic acids is 1. The van der Waals surface area contributed by atoms with Gasteiger partial charge in [-0.2, -0.15) is 0 Å². The van der Waals surface area contributed by atoms with E-state index in [0.717, 1.165) is 57.1 Å². The molecule has 1 N–H and O–H groups in total. The maximum Gasteiger partial charge on any atom is 0.336 e. The lowest BCUT2D eigenvalue weighted by Gasteiger charge is -2.31. The van der Waals surface area contributed by atoms with Gasteiger partial charge < -0.3 is 24.1 Å². The van der Waals surface area contributed by atoms with E-state index in [1.807, 2.05) is 18.2 Å². The minimum Gasteiger partial charge on any atom is -0.479 e. The number of unbranched alkanes of at least 4 members (excludes halogenated alkanes) is 1. The monoisotopic (exact) mass is 420 g/mol. The molecule has 1 heterocycles. The zero-order valence-corrected chi connectivity index (χ0v) is 17.9. The Morgan fingerprint density at radius 1 is 1.03 bits per heavy atom. The molecule has 1 aromatic rings. The Hall–Kier alpha value is -1.47. The third-order valence-corrected chi connectivity index (χ3v) is 6.16. The van der Waals surface area contributed by atoms with E-state index < -0.39 is 11.6 Å². The highest BCUT2D eigenvalue weighted by Crippen LogP contribution is 2.41. The van der Waals surface area contributed by atoms with Crippen LogP contribution < -0.4 is 0 Å². The smallest absolute Gasteiger partial charge is 0.336 e. The highest BCUT2D eigenvalue weighted by atomic mass is 16.7. The number of hydrogen-bond acceptors (Lipinski definition) is 5. The molecule has 1 aliphatic heterocycles. The van der Waals surface area contributed by atoms with Crippen molar-refractivity contribution in [2.24, 2.45) is 5.92 Å². The lowest BCUT2D eigenvalue weighted by molar-refractivity contribution is -0.174. The summed E-state index contributed by atoms with van der Waals surface area (Å²) in [6, 6.07) is 10.1. The van der Waals surface area contributed by atoms with Crippen LogP contribution >= 0.6 is 0 Å². The van der Waals surface area contributed by atoms with Crippen LogP contribution in [0.1, 0.15) is 56.9 Å². The Balaban J connectivity index is 1.31. The summed E-state index contributed by atoms with van der Waals surface area (Å²) in [5.74, 6) is -0.848. The van der Waals surface area contributed by atoms with Gasteiger partial charge in [0.2, 0.25) is 0 Å². The van der Waals surface area contributed by atoms with Crippen LogP contribution in [0, 0.1) is 5.92 Å². The molecule has 1 aliphatic carbocycles. The first kappa shape index (κ1) is 23.2. The molecule has 0 radical (unpaired) electrons. The largest absolute Gasteiger partial charge is 0.479 e. The molecule has 1 aromatic carbocycles. The summed E-state index contributed by atoms with van der Waals surface area (Å²) in [7, 11) is 0. The van der Waals surface area contributed by atoms with Gasteiger partial charge in [0.15, 0.2) is 11.9 Å². The molecule has 0 aromatic heterocycles. The second kappa shape index (κ2) is 12.4. The standard InChI is InChI=1S/C24H36O6/c25-23(26)24(13-8-11-21(24)19-20-9-2-1-3-10-20)30-18-17-27-14-6-7-16-29-22-12-4-5-15-28-22/h1-3,9-10,21-22H,4-8,11-19H2,(H,25,26). The minimum atomic E-state index is -1.09. The normalized spacial score (nSPS) is 26.7. The maximum absolute atomic E-state index is 12.1. The van der Waals surface area contributed by atoms with Crippen LogP contribution in [-0.4, -0.2) is 56.0 Å². The van der Waals surface area contributed by atoms with Gasteiger partial charge >= 0.3 is 5.97 Å². The van der Waals surface area contributed by atoms with E-state index in [2.05, 4.69) is 12.1 Å². The van der Waals surface area contributed by atoms with Crippen LogP contribution in [0.4, 0.5) is 0 Å². The molecule has 2 fully saturated rings. The molecule has 6 heteroatoms. The van der Waals surface area contributed by atoms with Crippen LogP contribution in [0.2, 0.25) is 0 Å². The van der Waals surface area contributed by atoms with Gasteiger partial charge in [0.1, 0.15) is 0 Å². The summed E-state index contributed by atoms with van der Waals surface area (Å²) in [5.41, 5.74) is 0.0725. The first-order valence-corrected chi connectivity index (χ1v) is 11.4. The van der Waals surface area contributed by atoms with Crippen molar-refractivity contribution in [2.75, 3.05) is 33.0 Å². The molecule has 1 saturated carbocycles. The molecule has 6 nitrogen and oxygen atoms in total. The molecule has 1 saturated heterocycles. The molecule has 0 amide bonds. The van der Waals surface area contributed by atoms with Gasteiger partial charge in [0, 0.05) is 25.7 Å². The third kappa shape index (κ3) is 6.77. The summed E-state index contributed by atoms with van der Waals surface area (Å²) >= 11 is 0. The average Bonchev–Trinajstić information content (AvgIpc) is 3.17. The number of ether oxygens (including phenoxy) is 4. The number of rotatable bonds is 13. The van der Waals surface area contributed by atoms with Crippen molar-refractivity contribution in [1.82, 2.24) is 0 Å². The first-order chi connectivity index (χ1) is 14.7. The molecular weight excluding hydrogens is 384 g/mol. The number of aliphatic carboxylic acids is 1. The van der Waals surface area contributed by atoms with Gasteiger partial charge in [-0.3, -0.25) is 0 Å². The molecule has 3 unspecified atom stereocenters. The Morgan fingerprint density at radius 2 is 1.87 bits per heavy atom. The zero-order chi connectivity index (χ0) is 21.1. The van der Waals surface area contributed by atoms with Gasteiger partial charge in [-0.15, -0.1) is 0 Å². The summed E-state index contributed by atoms with van der Waals surface area (Å²) < 4.78 is 22.9. The highest BCUT2D eigenvalue weighted by Gasteiger charge is 2.50. The van der Waals surface area contributed by atoms with E-state index >= 15 is 0 Å². The Morgan fingerprint density at radius 3 is 2.63 bits per heavy atom. The number of carbonyl (C=O) groups is 1. The predicted octanol–water partition coefficient (Wildman–Crippen LogP) is 4.21. The molecule has 3 rings (SSSR count). The second-order valence-corrected chi connectivity index (χ2v) is 8.31. The van der Waals surface area contributed by atoms with Gasteiger partial charge in [-0.05, 0) is 63.4 Å². The average molecular weight is 421 g/mol. The summed E-state index contributed by atoms with van der Waals surface area (Å²) in [4.78, 5) is 12.1. The van der Waals surface area contributed by atoms with E-state index in [1.165, 1.54) is 6.42 Å². The van der Waals surface area contributed by atoms with Crippen LogP contribution in [0.25, 0.3) is 0 Å². The number of carboxylic acid groups (broad SMARTS) is 1. The van der Waals surface area contributed by atoms with Crippen LogP contribution in [-0.2, 0) is 30.2 Å². The van der Waals surface area contributed by atoms with Gasteiger partial charge in [0.25, 0.3) is 0 Å². The van der Waals surface area contributed by atoms with Crippen molar-refractivity contribution < 1.29 is 28.8 Å². The first-order valence-electron chi connectivity index (χ1n) is 11.4. The third-order valence-electron chi connectivity index (χ3n) is 6.16. The fourth-order valence-corrected chi connectivity index (χ4v) is 4.50. The molecular formula is C24H36O6. The molecule has 168 valence electrons. The van der Waals surface area contributed by atoms with E-state index in [-0.39, 0.29) is 12.2 Å². The van der Waals surface area contributed by atoms with Gasteiger partial charge in [-0.1, -0.05) is 30.3 Å². The second-order valence-electron chi connectivity index (χ2n) is 8.31. The maximum atomic E-state index is 12.1. The zero-order valence-electron chi connectivity index (χ0n) is 17.9. The Bertz CT molecular complexity index is 615. The van der Waals surface area contributed by atoms with Crippen molar-refractivity contribution in [3.63, 3.8) is 0 Å². The van der Waals surface area contributed by atoms with Gasteiger partial charge in [0.05, 0.1) is 13.2 Å². The number of hydrogen-bond donors (Lipinski definition) is 1. The van der Waals surface area contributed by atoms with E-state index in [4.69, 9.17) is 18.9 Å². The van der Waals surface area contributed by atoms with Crippen LogP contribution in [0.5, 0.6) is 0 Å². The van der Waals surface area contributed by atoms with Crippen LogP contribution in [0.3, 0.4) is 0 Å². The number of benzene rings is 1. The topological polar surface area (TPSA) is 74.2 Å². The summed E-state index contributed by atoms with van der Waals surface area (Å²) in [6.07, 6.45) is 8.18. The fraction of sp³-hybridized carbons (Fsp3) is 0.708. The Labute approximate surface area is 179 Å². The SMILES string of the molecule is O=C(O)C1(OCCOCCCCOC2CCCCO2)CCCC1Cc1ccccc1. The van der Waals surface area contributed by atoms with Crippen molar-refractivity contribution in [1.29, 1.82) is 0 Å². The van der Waals surface area contributed by atoms with E-state index in [1.54, 1.807) is 0 Å². The highest BCUT2D eigenvalue weighted by molar-refractivity contribution is 5.78. The molecule has 30 heavy (non-hydrogen) atoms. The molecule has 3 atom stereocenters. The van der Waals surface area contributed by atoms with Crippen LogP contribution in [0.15, 0.2) is 30.3 Å². The summed E-state index contributed by atoms with van der Waals surface area (Å²) in [5, 5.41) is 9.93. The van der Waals surface area contributed by atoms with Crippen molar-refractivity contribution in [2.45, 2.75) is 69.7 Å². The lowest BCUT2D eigenvalue weighted by Crippen LogP contribution is -2.46. The molecule has 0 bridgehead atoms. The summed E-state index contributed by atoms with van der Waals surface area (Å²) in [6.45, 7) is 2.85. The fourth-order valence-electron chi connectivity index (χ4n) is 4.50. The van der Waals surface area contributed by atoms with Crippen molar-refractivity contribution in [3.05, 3.63) is 35.9 Å². The minimum absolute atomic E-state index is 0.00319.